The number of aromatic nitrogens is 3. The normalized spacial score (nSPS) is 15.2. The Bertz CT molecular complexity index is 915. The first-order valence-electron chi connectivity index (χ1n) is 8.05. The van der Waals surface area contributed by atoms with Crippen molar-refractivity contribution in [1.82, 2.24) is 19.5 Å². The molecular formula is C16H21N5O4. The summed E-state index contributed by atoms with van der Waals surface area (Å²) in [7, 11) is 0. The highest BCUT2D eigenvalue weighted by atomic mass is 16.4. The van der Waals surface area contributed by atoms with E-state index in [9.17, 15) is 14.7 Å². The van der Waals surface area contributed by atoms with Crippen molar-refractivity contribution in [2.24, 2.45) is 10.6 Å². The molecule has 0 radical (unpaired) electrons. The Labute approximate surface area is 143 Å². The number of carbonyl (C=O) groups excluding carboxylic acids is 1. The summed E-state index contributed by atoms with van der Waals surface area (Å²) >= 11 is 0. The van der Waals surface area contributed by atoms with Crippen molar-refractivity contribution in [3.63, 3.8) is 0 Å². The van der Waals surface area contributed by atoms with Crippen LogP contribution in [0.1, 0.15) is 49.7 Å². The molecule has 3 rings (SSSR count). The molecule has 1 aliphatic rings. The van der Waals surface area contributed by atoms with Crippen molar-refractivity contribution >= 4 is 17.8 Å². The van der Waals surface area contributed by atoms with Crippen LogP contribution in [0.5, 0.6) is 5.88 Å². The van der Waals surface area contributed by atoms with Crippen LogP contribution < -0.4 is 10.9 Å². The smallest absolute Gasteiger partial charge is 0.270 e. The Morgan fingerprint density at radius 1 is 1.48 bits per heavy atom. The van der Waals surface area contributed by atoms with E-state index in [1.54, 1.807) is 0 Å². The van der Waals surface area contributed by atoms with E-state index in [0.29, 0.717) is 12.2 Å². The maximum Gasteiger partial charge on any atom is 0.270 e. The topological polar surface area (TPSA) is 121 Å². The zero-order valence-electron chi connectivity index (χ0n) is 14.4. The molecule has 0 unspecified atom stereocenters. The molecule has 1 amide bonds. The Kier molecular flexibility index (Phi) is 4.02. The highest BCUT2D eigenvalue weighted by Gasteiger charge is 2.30. The van der Waals surface area contributed by atoms with E-state index in [-0.39, 0.29) is 22.7 Å². The van der Waals surface area contributed by atoms with Gasteiger partial charge in [0.25, 0.3) is 11.5 Å². The van der Waals surface area contributed by atoms with Crippen molar-refractivity contribution in [3.05, 3.63) is 27.7 Å². The lowest BCUT2D eigenvalue weighted by molar-refractivity contribution is 0.0944. The molecule has 0 aromatic carbocycles. The molecule has 25 heavy (non-hydrogen) atoms. The minimum absolute atomic E-state index is 0.0489. The minimum atomic E-state index is -0.609. The summed E-state index contributed by atoms with van der Waals surface area (Å²) in [6.07, 6.45) is 2.82. The standard InChI is InChI=1S/C16H21N5O4/c1-16(2,3)8-20-11-6-10(7-17-25)19-21(11)15(24)12(14(20)23)13(22)18-9-4-5-9/h6-7,9,24-25H,4-5,8H2,1-3H3,(H,18,22). The van der Waals surface area contributed by atoms with Gasteiger partial charge < -0.3 is 15.6 Å². The van der Waals surface area contributed by atoms with E-state index in [1.807, 2.05) is 20.8 Å². The molecule has 3 N–H and O–H groups in total. The Morgan fingerprint density at radius 3 is 2.72 bits per heavy atom. The number of nitrogens with one attached hydrogen (secondary N) is 1. The number of hydrogen-bond acceptors (Lipinski definition) is 6. The quantitative estimate of drug-likeness (QED) is 0.432. The largest absolute Gasteiger partial charge is 0.492 e. The van der Waals surface area contributed by atoms with Gasteiger partial charge in [-0.15, -0.1) is 0 Å². The van der Waals surface area contributed by atoms with Gasteiger partial charge >= 0.3 is 0 Å². The van der Waals surface area contributed by atoms with Crippen molar-refractivity contribution in [2.45, 2.75) is 46.2 Å². The van der Waals surface area contributed by atoms with Crippen LogP contribution in [0.4, 0.5) is 0 Å². The molecule has 2 heterocycles. The number of rotatable bonds is 4. The van der Waals surface area contributed by atoms with Crippen LogP contribution in [0.3, 0.4) is 0 Å². The van der Waals surface area contributed by atoms with Gasteiger partial charge in [0.15, 0.2) is 5.56 Å². The van der Waals surface area contributed by atoms with E-state index in [4.69, 9.17) is 5.21 Å². The van der Waals surface area contributed by atoms with Crippen LogP contribution in [-0.4, -0.2) is 42.7 Å². The zero-order valence-corrected chi connectivity index (χ0v) is 14.4. The van der Waals surface area contributed by atoms with Gasteiger partial charge in [-0.25, -0.2) is 0 Å². The van der Waals surface area contributed by atoms with Gasteiger partial charge in [-0.05, 0) is 18.3 Å². The molecule has 9 nitrogen and oxygen atoms in total. The second kappa shape index (κ2) is 5.91. The molecule has 0 saturated heterocycles. The predicted octanol–water partition coefficient (Wildman–Crippen LogP) is 0.948. The average molecular weight is 347 g/mol. The highest BCUT2D eigenvalue weighted by molar-refractivity contribution is 5.96. The lowest BCUT2D eigenvalue weighted by Crippen LogP contribution is -2.37. The van der Waals surface area contributed by atoms with Gasteiger partial charge in [-0.2, -0.15) is 9.61 Å². The third-order valence-electron chi connectivity index (χ3n) is 3.83. The molecular weight excluding hydrogens is 326 g/mol. The van der Waals surface area contributed by atoms with Gasteiger partial charge in [0.2, 0.25) is 5.88 Å². The molecule has 134 valence electrons. The SMILES string of the molecule is CC(C)(C)Cn1c(=O)c(C(=O)NC2CC2)c(O)n2nc(C=NO)cc12. The monoisotopic (exact) mass is 347 g/mol. The molecule has 0 atom stereocenters. The van der Waals surface area contributed by atoms with E-state index < -0.39 is 17.3 Å². The molecule has 1 fully saturated rings. The van der Waals surface area contributed by atoms with Gasteiger partial charge in [-0.1, -0.05) is 25.9 Å². The van der Waals surface area contributed by atoms with Crippen molar-refractivity contribution in [1.29, 1.82) is 0 Å². The maximum absolute atomic E-state index is 12.9. The molecule has 0 bridgehead atoms. The van der Waals surface area contributed by atoms with Crippen molar-refractivity contribution in [2.75, 3.05) is 0 Å². The maximum atomic E-state index is 12.9. The van der Waals surface area contributed by atoms with Gasteiger partial charge in [-0.3, -0.25) is 14.2 Å². The Morgan fingerprint density at radius 2 is 2.16 bits per heavy atom. The minimum Gasteiger partial charge on any atom is -0.492 e. The fraction of sp³-hybridized carbons (Fsp3) is 0.500. The highest BCUT2D eigenvalue weighted by Crippen LogP contribution is 2.23. The van der Waals surface area contributed by atoms with Crippen LogP contribution in [0, 0.1) is 5.41 Å². The van der Waals surface area contributed by atoms with Crippen LogP contribution in [-0.2, 0) is 6.54 Å². The van der Waals surface area contributed by atoms with E-state index in [2.05, 4.69) is 15.6 Å². The summed E-state index contributed by atoms with van der Waals surface area (Å²) in [5.41, 5.74) is -0.597. The molecule has 0 aliphatic heterocycles. The van der Waals surface area contributed by atoms with Crippen LogP contribution in [0.25, 0.3) is 5.65 Å². The summed E-state index contributed by atoms with van der Waals surface area (Å²) in [5, 5.41) is 28.9. The van der Waals surface area contributed by atoms with E-state index in [1.165, 1.54) is 10.6 Å². The molecule has 1 saturated carbocycles. The summed E-state index contributed by atoms with van der Waals surface area (Å²) in [5.74, 6) is -1.14. The molecule has 2 aromatic rings. The number of carbonyl (C=O) groups is 1. The second-order valence-electron chi connectivity index (χ2n) is 7.48. The molecule has 1 aliphatic carbocycles. The van der Waals surface area contributed by atoms with Crippen LogP contribution in [0.2, 0.25) is 0 Å². The number of nitrogens with zero attached hydrogens (tertiary/aromatic N) is 4. The average Bonchev–Trinajstić information content (AvgIpc) is 3.20. The van der Waals surface area contributed by atoms with E-state index in [0.717, 1.165) is 23.6 Å². The number of hydrogen-bond donors (Lipinski definition) is 3. The summed E-state index contributed by atoms with van der Waals surface area (Å²) < 4.78 is 2.52. The summed E-state index contributed by atoms with van der Waals surface area (Å²) in [6, 6.07) is 1.56. The van der Waals surface area contributed by atoms with Gasteiger partial charge in [0.1, 0.15) is 11.3 Å². The predicted molar refractivity (Wildman–Crippen MR) is 90.4 cm³/mol. The number of amides is 1. The third kappa shape index (κ3) is 3.35. The van der Waals surface area contributed by atoms with E-state index >= 15 is 0 Å². The Hall–Kier alpha value is -2.84. The Balaban J connectivity index is 2.24. The first kappa shape index (κ1) is 17.0. The fourth-order valence-corrected chi connectivity index (χ4v) is 2.61. The van der Waals surface area contributed by atoms with Crippen molar-refractivity contribution < 1.29 is 15.1 Å². The van der Waals surface area contributed by atoms with Gasteiger partial charge in [0.05, 0.1) is 6.21 Å². The second-order valence-corrected chi connectivity index (χ2v) is 7.48. The first-order chi connectivity index (χ1) is 11.7. The first-order valence-corrected chi connectivity index (χ1v) is 8.05. The number of fused-ring (bicyclic) bond motifs is 1. The van der Waals surface area contributed by atoms with Gasteiger partial charge in [0, 0.05) is 18.7 Å². The fourth-order valence-electron chi connectivity index (χ4n) is 2.61. The molecule has 9 heteroatoms. The third-order valence-corrected chi connectivity index (χ3v) is 3.83. The lowest BCUT2D eigenvalue weighted by Gasteiger charge is -2.21. The molecule has 2 aromatic heterocycles. The lowest BCUT2D eigenvalue weighted by atomic mass is 9.97. The summed E-state index contributed by atoms with van der Waals surface area (Å²) in [6.45, 7) is 6.19. The summed E-state index contributed by atoms with van der Waals surface area (Å²) in [4.78, 5) is 25.3. The van der Waals surface area contributed by atoms with Crippen LogP contribution in [0.15, 0.2) is 16.0 Å². The molecule has 0 spiro atoms. The number of aromatic hydroxyl groups is 1. The number of oxime groups is 1. The van der Waals surface area contributed by atoms with Crippen LogP contribution >= 0.6 is 0 Å². The zero-order chi connectivity index (χ0) is 18.4. The van der Waals surface area contributed by atoms with Crippen molar-refractivity contribution in [3.8, 4) is 5.88 Å².